The molecule has 3 aromatic rings. The van der Waals surface area contributed by atoms with Crippen molar-refractivity contribution < 1.29 is 0 Å². The van der Waals surface area contributed by atoms with Crippen LogP contribution in [0, 0.1) is 6.92 Å². The van der Waals surface area contributed by atoms with Gasteiger partial charge in [0.1, 0.15) is 6.33 Å². The highest BCUT2D eigenvalue weighted by Gasteiger charge is 2.04. The number of aromatic nitrogens is 4. The van der Waals surface area contributed by atoms with Crippen molar-refractivity contribution >= 4 is 17.3 Å². The lowest BCUT2D eigenvalue weighted by Gasteiger charge is -2.12. The second-order valence-corrected chi connectivity index (χ2v) is 6.82. The van der Waals surface area contributed by atoms with E-state index in [1.165, 1.54) is 11.2 Å². The number of hydrogen-bond acceptors (Lipinski definition) is 5. The van der Waals surface area contributed by atoms with Crippen LogP contribution in [0.1, 0.15) is 15.4 Å². The molecule has 2 heterocycles. The molecule has 2 aromatic heterocycles. The van der Waals surface area contributed by atoms with Crippen molar-refractivity contribution in [3.63, 3.8) is 0 Å². The van der Waals surface area contributed by atoms with Gasteiger partial charge in [0.2, 0.25) is 0 Å². The van der Waals surface area contributed by atoms with E-state index in [2.05, 4.69) is 54.8 Å². The lowest BCUT2D eigenvalue weighted by Crippen LogP contribution is -2.37. The Kier molecular flexibility index (Phi) is 5.73. The highest BCUT2D eigenvalue weighted by Crippen LogP contribution is 2.15. The van der Waals surface area contributed by atoms with Gasteiger partial charge >= 0.3 is 0 Å². The lowest BCUT2D eigenvalue weighted by molar-refractivity contribution is 0.792. The Bertz CT molecular complexity index is 823. The topological polar surface area (TPSA) is 90.9 Å². The van der Waals surface area contributed by atoms with Gasteiger partial charge in [-0.2, -0.15) is 5.10 Å². The molecule has 0 saturated carbocycles. The molecule has 25 heavy (non-hydrogen) atoms. The largest absolute Gasteiger partial charge is 0.356 e. The first-order valence-corrected chi connectivity index (χ1v) is 8.87. The highest BCUT2D eigenvalue weighted by atomic mass is 32.1. The number of hydrogen-bond donors (Lipinski definition) is 3. The summed E-state index contributed by atoms with van der Waals surface area (Å²) in [5.41, 5.74) is 2.16. The van der Waals surface area contributed by atoms with Gasteiger partial charge in [-0.05, 0) is 18.6 Å². The highest BCUT2D eigenvalue weighted by molar-refractivity contribution is 7.11. The molecule has 0 spiro atoms. The van der Waals surface area contributed by atoms with Crippen molar-refractivity contribution in [3.05, 3.63) is 52.2 Å². The van der Waals surface area contributed by atoms with Crippen LogP contribution in [0.4, 0.5) is 0 Å². The van der Waals surface area contributed by atoms with Gasteiger partial charge in [0, 0.05) is 43.2 Å². The van der Waals surface area contributed by atoms with E-state index in [-0.39, 0.29) is 0 Å². The molecule has 130 valence electrons. The lowest BCUT2D eigenvalue weighted by atomic mass is 10.1. The van der Waals surface area contributed by atoms with E-state index >= 15 is 0 Å². The first kappa shape index (κ1) is 17.1. The van der Waals surface area contributed by atoms with Gasteiger partial charge in [-0.25, -0.2) is 9.97 Å². The fraction of sp³-hybridized carbons (Fsp3) is 0.294. The summed E-state index contributed by atoms with van der Waals surface area (Å²) in [4.78, 5) is 14.1. The van der Waals surface area contributed by atoms with Gasteiger partial charge in [-0.3, -0.25) is 10.1 Å². The SMILES string of the molecule is CN=C(NCCc1ncc(C)s1)NCc1cccc(-c2ncn[nH]2)c1. The zero-order valence-electron chi connectivity index (χ0n) is 14.3. The van der Waals surface area contributed by atoms with E-state index in [0.29, 0.717) is 6.54 Å². The number of aromatic amines is 1. The van der Waals surface area contributed by atoms with Crippen molar-refractivity contribution in [1.82, 2.24) is 30.8 Å². The fourth-order valence-electron chi connectivity index (χ4n) is 2.38. The van der Waals surface area contributed by atoms with E-state index < -0.39 is 0 Å². The zero-order chi connectivity index (χ0) is 17.5. The van der Waals surface area contributed by atoms with Crippen LogP contribution >= 0.6 is 11.3 Å². The third kappa shape index (κ3) is 4.87. The van der Waals surface area contributed by atoms with Crippen molar-refractivity contribution in [2.45, 2.75) is 19.9 Å². The predicted octanol–water partition coefficient (Wildman–Crippen LogP) is 2.14. The summed E-state index contributed by atoms with van der Waals surface area (Å²) in [6.45, 7) is 3.55. The van der Waals surface area contributed by atoms with E-state index in [4.69, 9.17) is 0 Å². The zero-order valence-corrected chi connectivity index (χ0v) is 15.1. The molecule has 3 N–H and O–H groups in total. The van der Waals surface area contributed by atoms with Crippen LogP contribution in [0.2, 0.25) is 0 Å². The first-order valence-electron chi connectivity index (χ1n) is 8.05. The number of nitrogens with one attached hydrogen (secondary N) is 3. The van der Waals surface area contributed by atoms with Crippen LogP contribution < -0.4 is 10.6 Å². The van der Waals surface area contributed by atoms with E-state index in [0.717, 1.165) is 40.9 Å². The van der Waals surface area contributed by atoms with Crippen LogP contribution in [-0.2, 0) is 13.0 Å². The fourth-order valence-corrected chi connectivity index (χ4v) is 3.17. The number of rotatable bonds is 6. The molecular weight excluding hydrogens is 334 g/mol. The Hall–Kier alpha value is -2.74. The van der Waals surface area contributed by atoms with E-state index in [1.807, 2.05) is 18.3 Å². The smallest absolute Gasteiger partial charge is 0.191 e. The average molecular weight is 355 g/mol. The van der Waals surface area contributed by atoms with Gasteiger partial charge in [0.25, 0.3) is 0 Å². The maximum absolute atomic E-state index is 4.37. The summed E-state index contributed by atoms with van der Waals surface area (Å²) in [6.07, 6.45) is 4.31. The number of nitrogens with zero attached hydrogens (tertiary/aromatic N) is 4. The second kappa shape index (κ2) is 8.39. The van der Waals surface area contributed by atoms with Gasteiger partial charge in [-0.15, -0.1) is 11.3 Å². The summed E-state index contributed by atoms with van der Waals surface area (Å²) in [5, 5.41) is 14.6. The molecule has 0 bridgehead atoms. The van der Waals surface area contributed by atoms with Crippen LogP contribution in [-0.4, -0.2) is 39.7 Å². The number of H-pyrrole nitrogens is 1. The number of aryl methyl sites for hydroxylation is 1. The van der Waals surface area contributed by atoms with Crippen LogP contribution in [0.15, 0.2) is 41.8 Å². The molecule has 0 unspecified atom stereocenters. The number of aliphatic imine (C=N–C) groups is 1. The summed E-state index contributed by atoms with van der Waals surface area (Å²) < 4.78 is 0. The van der Waals surface area contributed by atoms with E-state index in [9.17, 15) is 0 Å². The quantitative estimate of drug-likeness (QED) is 0.465. The van der Waals surface area contributed by atoms with Crippen LogP contribution in [0.5, 0.6) is 0 Å². The van der Waals surface area contributed by atoms with Crippen LogP contribution in [0.25, 0.3) is 11.4 Å². The Morgan fingerprint density at radius 2 is 2.20 bits per heavy atom. The molecule has 7 nitrogen and oxygen atoms in total. The minimum Gasteiger partial charge on any atom is -0.356 e. The molecule has 1 aromatic carbocycles. The van der Waals surface area contributed by atoms with Crippen molar-refractivity contribution in [3.8, 4) is 11.4 Å². The maximum atomic E-state index is 4.37. The molecule has 0 aliphatic heterocycles. The number of thiazole rings is 1. The monoisotopic (exact) mass is 355 g/mol. The van der Waals surface area contributed by atoms with Gasteiger partial charge in [0.05, 0.1) is 5.01 Å². The molecule has 8 heteroatoms. The number of benzene rings is 1. The van der Waals surface area contributed by atoms with Crippen molar-refractivity contribution in [1.29, 1.82) is 0 Å². The second-order valence-electron chi connectivity index (χ2n) is 5.50. The maximum Gasteiger partial charge on any atom is 0.191 e. The predicted molar refractivity (Wildman–Crippen MR) is 101 cm³/mol. The van der Waals surface area contributed by atoms with Crippen molar-refractivity contribution in [2.24, 2.45) is 4.99 Å². The van der Waals surface area contributed by atoms with Gasteiger partial charge < -0.3 is 10.6 Å². The summed E-state index contributed by atoms with van der Waals surface area (Å²) in [5.74, 6) is 1.54. The summed E-state index contributed by atoms with van der Waals surface area (Å²) >= 11 is 1.73. The third-order valence-corrected chi connectivity index (χ3v) is 4.57. The van der Waals surface area contributed by atoms with Gasteiger partial charge in [0.15, 0.2) is 11.8 Å². The molecule has 0 fully saturated rings. The Morgan fingerprint density at radius 3 is 2.92 bits per heavy atom. The standard InChI is InChI=1S/C17H21N7S/c1-12-9-20-15(25-12)6-7-19-17(18-2)21-10-13-4-3-5-14(8-13)16-22-11-23-24-16/h3-5,8-9,11H,6-7,10H2,1-2H3,(H2,18,19,21)(H,22,23,24). The molecular formula is C17H21N7S. The molecule has 0 aliphatic carbocycles. The average Bonchev–Trinajstić information content (AvgIpc) is 3.30. The van der Waals surface area contributed by atoms with Crippen LogP contribution in [0.3, 0.4) is 0 Å². The molecule has 0 atom stereocenters. The van der Waals surface area contributed by atoms with Crippen molar-refractivity contribution in [2.75, 3.05) is 13.6 Å². The van der Waals surface area contributed by atoms with Gasteiger partial charge in [-0.1, -0.05) is 18.2 Å². The number of guanidine groups is 1. The minimum atomic E-state index is 0.679. The summed E-state index contributed by atoms with van der Waals surface area (Å²) in [6, 6.07) is 8.17. The Balaban J connectivity index is 1.50. The molecule has 0 radical (unpaired) electrons. The molecule has 3 rings (SSSR count). The third-order valence-electron chi connectivity index (χ3n) is 3.60. The Labute approximate surface area is 150 Å². The first-order chi connectivity index (χ1) is 12.2. The molecule has 0 aliphatic rings. The normalized spacial score (nSPS) is 11.5. The molecule has 0 amide bonds. The Morgan fingerprint density at radius 1 is 1.28 bits per heavy atom. The molecule has 0 saturated heterocycles. The minimum absolute atomic E-state index is 0.679. The summed E-state index contributed by atoms with van der Waals surface area (Å²) in [7, 11) is 1.77. The van der Waals surface area contributed by atoms with E-state index in [1.54, 1.807) is 18.4 Å².